The fraction of sp³-hybridized carbons (Fsp3) is 0.750. The van der Waals surface area contributed by atoms with Gasteiger partial charge < -0.3 is 5.32 Å². The lowest BCUT2D eigenvalue weighted by Gasteiger charge is -2.28. The number of nitrogens with one attached hydrogen (secondary N) is 1. The molecule has 1 aliphatic carbocycles. The molecule has 1 aliphatic heterocycles. The smallest absolute Gasteiger partial charge is 0.132 e. The summed E-state index contributed by atoms with van der Waals surface area (Å²) < 4.78 is 0. The fourth-order valence-electron chi connectivity index (χ4n) is 3.63. The molecule has 3 nitrogen and oxygen atoms in total. The average molecular weight is 259 g/mol. The van der Waals surface area contributed by atoms with Gasteiger partial charge in [0.15, 0.2) is 0 Å². The maximum Gasteiger partial charge on any atom is 0.132 e. The molecule has 0 saturated heterocycles. The second kappa shape index (κ2) is 5.58. The minimum atomic E-state index is 0.606. The minimum absolute atomic E-state index is 0.606. The largest absolute Gasteiger partial charge is 0.307 e. The van der Waals surface area contributed by atoms with Crippen LogP contribution >= 0.6 is 0 Å². The molecule has 1 saturated carbocycles. The molecule has 1 aromatic rings. The number of aryl methyl sites for hydroxylation is 1. The lowest BCUT2D eigenvalue weighted by Crippen LogP contribution is -2.17. The van der Waals surface area contributed by atoms with Crippen molar-refractivity contribution in [1.82, 2.24) is 15.3 Å². The van der Waals surface area contributed by atoms with Gasteiger partial charge in [0, 0.05) is 30.3 Å². The van der Waals surface area contributed by atoms with Crippen LogP contribution in [-0.2, 0) is 19.5 Å². The van der Waals surface area contributed by atoms with Gasteiger partial charge in [0.25, 0.3) is 0 Å². The minimum Gasteiger partial charge on any atom is -0.307 e. The van der Waals surface area contributed by atoms with E-state index in [4.69, 9.17) is 9.97 Å². The van der Waals surface area contributed by atoms with Gasteiger partial charge in [0.05, 0.1) is 5.69 Å². The number of nitrogens with zero attached hydrogens (tertiary/aromatic N) is 2. The first-order valence-electron chi connectivity index (χ1n) is 7.91. The molecule has 0 amide bonds. The highest BCUT2D eigenvalue weighted by Crippen LogP contribution is 2.36. The average Bonchev–Trinajstić information content (AvgIpc) is 2.94. The van der Waals surface area contributed by atoms with Crippen LogP contribution in [0.4, 0.5) is 0 Å². The van der Waals surface area contributed by atoms with E-state index in [1.165, 1.54) is 49.1 Å². The first-order chi connectivity index (χ1) is 9.31. The molecule has 2 atom stereocenters. The predicted octanol–water partition coefficient (Wildman–Crippen LogP) is 3.33. The molecule has 1 fully saturated rings. The zero-order valence-corrected chi connectivity index (χ0v) is 12.2. The Morgan fingerprint density at radius 2 is 2.05 bits per heavy atom. The fourth-order valence-corrected chi connectivity index (χ4v) is 3.63. The molecule has 0 radical (unpaired) electrons. The molecular formula is C16H25N3. The van der Waals surface area contributed by atoms with Crippen LogP contribution in [0.15, 0.2) is 0 Å². The molecule has 1 N–H and O–H groups in total. The van der Waals surface area contributed by atoms with E-state index in [1.54, 1.807) is 0 Å². The zero-order valence-electron chi connectivity index (χ0n) is 12.2. The summed E-state index contributed by atoms with van der Waals surface area (Å²) in [5.74, 6) is 2.63. The summed E-state index contributed by atoms with van der Waals surface area (Å²) in [6.45, 7) is 6.42. The number of hydrogen-bond donors (Lipinski definition) is 1. The van der Waals surface area contributed by atoms with Gasteiger partial charge >= 0.3 is 0 Å². The standard InChI is InChI=1S/C16H25N3/c1-3-11-6-5-7-12(8-11)16-18-14(4-2)13-9-17-10-15(13)19-16/h11-12,17H,3-10H2,1-2H3. The van der Waals surface area contributed by atoms with Gasteiger partial charge in [0.1, 0.15) is 5.82 Å². The lowest BCUT2D eigenvalue weighted by molar-refractivity contribution is 0.306. The van der Waals surface area contributed by atoms with Crippen molar-refractivity contribution in [3.63, 3.8) is 0 Å². The van der Waals surface area contributed by atoms with Crippen molar-refractivity contribution in [2.45, 2.75) is 71.4 Å². The number of aromatic nitrogens is 2. The second-order valence-electron chi connectivity index (χ2n) is 6.05. The van der Waals surface area contributed by atoms with Gasteiger partial charge in [0.2, 0.25) is 0 Å². The summed E-state index contributed by atoms with van der Waals surface area (Å²) in [7, 11) is 0. The van der Waals surface area contributed by atoms with E-state index in [0.717, 1.165) is 31.3 Å². The maximum atomic E-state index is 4.90. The van der Waals surface area contributed by atoms with Crippen LogP contribution in [0.5, 0.6) is 0 Å². The van der Waals surface area contributed by atoms with Gasteiger partial charge in [-0.3, -0.25) is 0 Å². The summed E-state index contributed by atoms with van der Waals surface area (Å²) in [5, 5.41) is 3.41. The summed E-state index contributed by atoms with van der Waals surface area (Å²) in [5.41, 5.74) is 3.91. The van der Waals surface area contributed by atoms with E-state index in [-0.39, 0.29) is 0 Å². The van der Waals surface area contributed by atoms with Crippen molar-refractivity contribution in [2.75, 3.05) is 0 Å². The SMILES string of the molecule is CCc1nc(C2CCCC(CC)C2)nc2c1CNC2. The van der Waals surface area contributed by atoms with Gasteiger partial charge in [-0.1, -0.05) is 33.1 Å². The molecule has 1 aromatic heterocycles. The number of rotatable bonds is 3. The molecular weight excluding hydrogens is 234 g/mol. The molecule has 0 spiro atoms. The first-order valence-corrected chi connectivity index (χ1v) is 7.91. The summed E-state index contributed by atoms with van der Waals surface area (Å²) in [4.78, 5) is 9.78. The Hall–Kier alpha value is -0.960. The van der Waals surface area contributed by atoms with Crippen LogP contribution in [0.2, 0.25) is 0 Å². The van der Waals surface area contributed by atoms with Gasteiger partial charge in [-0.2, -0.15) is 0 Å². The van der Waals surface area contributed by atoms with E-state index in [0.29, 0.717) is 5.92 Å². The van der Waals surface area contributed by atoms with Gasteiger partial charge in [-0.05, 0) is 25.2 Å². The molecule has 0 bridgehead atoms. The Labute approximate surface area is 116 Å². The third-order valence-electron chi connectivity index (χ3n) is 4.85. The van der Waals surface area contributed by atoms with Crippen molar-refractivity contribution >= 4 is 0 Å². The molecule has 3 rings (SSSR count). The zero-order chi connectivity index (χ0) is 13.2. The molecule has 2 aliphatic rings. The van der Waals surface area contributed by atoms with E-state index in [2.05, 4.69) is 19.2 Å². The third kappa shape index (κ3) is 2.53. The van der Waals surface area contributed by atoms with Crippen molar-refractivity contribution in [1.29, 1.82) is 0 Å². The highest BCUT2D eigenvalue weighted by molar-refractivity contribution is 5.30. The monoisotopic (exact) mass is 259 g/mol. The topological polar surface area (TPSA) is 37.8 Å². The quantitative estimate of drug-likeness (QED) is 0.905. The van der Waals surface area contributed by atoms with Gasteiger partial charge in [-0.25, -0.2) is 9.97 Å². The van der Waals surface area contributed by atoms with Crippen molar-refractivity contribution in [3.8, 4) is 0 Å². The maximum absolute atomic E-state index is 4.90. The highest BCUT2D eigenvalue weighted by atomic mass is 15.0. The van der Waals surface area contributed by atoms with Crippen LogP contribution in [0, 0.1) is 5.92 Å². The van der Waals surface area contributed by atoms with Crippen molar-refractivity contribution in [2.24, 2.45) is 5.92 Å². The number of hydrogen-bond acceptors (Lipinski definition) is 3. The van der Waals surface area contributed by atoms with Crippen molar-refractivity contribution in [3.05, 3.63) is 22.8 Å². The Morgan fingerprint density at radius 3 is 2.84 bits per heavy atom. The highest BCUT2D eigenvalue weighted by Gasteiger charge is 2.26. The van der Waals surface area contributed by atoms with E-state index in [9.17, 15) is 0 Å². The van der Waals surface area contributed by atoms with Crippen LogP contribution in [0.25, 0.3) is 0 Å². The van der Waals surface area contributed by atoms with Crippen LogP contribution in [0.1, 0.15) is 74.6 Å². The number of fused-ring (bicyclic) bond motifs is 1. The van der Waals surface area contributed by atoms with Crippen LogP contribution in [0.3, 0.4) is 0 Å². The molecule has 2 unspecified atom stereocenters. The Bertz CT molecular complexity index is 456. The molecule has 2 heterocycles. The summed E-state index contributed by atoms with van der Waals surface area (Å²) in [6.07, 6.45) is 7.67. The summed E-state index contributed by atoms with van der Waals surface area (Å²) in [6, 6.07) is 0. The predicted molar refractivity (Wildman–Crippen MR) is 76.9 cm³/mol. The second-order valence-corrected chi connectivity index (χ2v) is 6.05. The Balaban J connectivity index is 1.88. The van der Waals surface area contributed by atoms with Gasteiger partial charge in [-0.15, -0.1) is 0 Å². The lowest BCUT2D eigenvalue weighted by atomic mass is 9.79. The van der Waals surface area contributed by atoms with Crippen LogP contribution in [-0.4, -0.2) is 9.97 Å². The van der Waals surface area contributed by atoms with Crippen LogP contribution < -0.4 is 5.32 Å². The van der Waals surface area contributed by atoms with E-state index < -0.39 is 0 Å². The first kappa shape index (κ1) is 13.0. The van der Waals surface area contributed by atoms with Crippen molar-refractivity contribution < 1.29 is 0 Å². The Kier molecular flexibility index (Phi) is 3.83. The molecule has 0 aromatic carbocycles. The third-order valence-corrected chi connectivity index (χ3v) is 4.85. The Morgan fingerprint density at radius 1 is 1.16 bits per heavy atom. The molecule has 3 heteroatoms. The normalized spacial score (nSPS) is 26.4. The molecule has 104 valence electrons. The summed E-state index contributed by atoms with van der Waals surface area (Å²) >= 11 is 0. The molecule has 19 heavy (non-hydrogen) atoms. The van der Waals surface area contributed by atoms with E-state index in [1.807, 2.05) is 0 Å². The van der Waals surface area contributed by atoms with E-state index >= 15 is 0 Å².